The summed E-state index contributed by atoms with van der Waals surface area (Å²) in [4.78, 5) is 3.92. The fourth-order valence-corrected chi connectivity index (χ4v) is 0.967. The monoisotopic (exact) mass is 163 g/mol. The molecule has 1 unspecified atom stereocenters. The van der Waals surface area contributed by atoms with E-state index in [2.05, 4.69) is 11.6 Å². The highest BCUT2D eigenvalue weighted by molar-refractivity contribution is 5.20. The molecule has 0 aromatic carbocycles. The van der Waals surface area contributed by atoms with Crippen molar-refractivity contribution in [2.45, 2.75) is 19.4 Å². The number of hydrogen-bond donors (Lipinski definition) is 1. The summed E-state index contributed by atoms with van der Waals surface area (Å²) in [5.41, 5.74) is 1.63. The number of aliphatic hydroxyl groups excluding tert-OH is 1. The van der Waals surface area contributed by atoms with Crippen LogP contribution in [0.2, 0.25) is 0 Å². The molecule has 0 amide bonds. The van der Waals surface area contributed by atoms with E-state index in [9.17, 15) is 5.11 Å². The summed E-state index contributed by atoms with van der Waals surface area (Å²) >= 11 is 0. The molecule has 1 heterocycles. The van der Waals surface area contributed by atoms with Crippen molar-refractivity contribution >= 4 is 0 Å². The predicted molar refractivity (Wildman–Crippen MR) is 48.6 cm³/mol. The molecule has 0 saturated carbocycles. The molecule has 0 aliphatic heterocycles. The van der Waals surface area contributed by atoms with Crippen molar-refractivity contribution in [3.63, 3.8) is 0 Å². The summed E-state index contributed by atoms with van der Waals surface area (Å²) in [5, 5.41) is 9.65. The molecular weight excluding hydrogens is 150 g/mol. The van der Waals surface area contributed by atoms with Crippen molar-refractivity contribution in [2.24, 2.45) is 0 Å². The van der Waals surface area contributed by atoms with Gasteiger partial charge in [0.1, 0.15) is 6.10 Å². The van der Waals surface area contributed by atoms with Crippen molar-refractivity contribution in [1.29, 1.82) is 0 Å². The fourth-order valence-electron chi connectivity index (χ4n) is 0.967. The van der Waals surface area contributed by atoms with Crippen LogP contribution in [0.4, 0.5) is 0 Å². The second-order valence-electron chi connectivity index (χ2n) is 2.70. The summed E-state index contributed by atoms with van der Waals surface area (Å²) in [5.74, 6) is 0. The van der Waals surface area contributed by atoms with Crippen LogP contribution in [-0.4, -0.2) is 10.1 Å². The topological polar surface area (TPSA) is 33.1 Å². The number of aliphatic hydroxyl groups is 1. The number of nitrogens with zero attached hydrogens (tertiary/aromatic N) is 1. The van der Waals surface area contributed by atoms with Gasteiger partial charge in [0.2, 0.25) is 0 Å². The third kappa shape index (κ3) is 1.92. The maximum absolute atomic E-state index is 9.65. The van der Waals surface area contributed by atoms with E-state index in [1.807, 2.05) is 19.1 Å². The standard InChI is InChI=1S/C10H13NO/c1-3-8(2)10(12)9-5-4-6-11-7-9/h4-7,10,12H,2-3H2,1H3. The molecule has 1 rings (SSSR count). The summed E-state index contributed by atoms with van der Waals surface area (Å²) in [6.45, 7) is 5.75. The Morgan fingerprint density at radius 1 is 1.75 bits per heavy atom. The van der Waals surface area contributed by atoms with Crippen LogP contribution in [0.1, 0.15) is 25.0 Å². The quantitative estimate of drug-likeness (QED) is 0.692. The average molecular weight is 163 g/mol. The normalized spacial score (nSPS) is 12.5. The minimum atomic E-state index is -0.566. The van der Waals surface area contributed by atoms with Crippen LogP contribution < -0.4 is 0 Å². The van der Waals surface area contributed by atoms with Gasteiger partial charge in [0, 0.05) is 18.0 Å². The maximum Gasteiger partial charge on any atom is 0.101 e. The molecule has 0 saturated heterocycles. The Hall–Kier alpha value is -1.15. The van der Waals surface area contributed by atoms with Crippen LogP contribution in [0.25, 0.3) is 0 Å². The first-order valence-electron chi connectivity index (χ1n) is 4.01. The lowest BCUT2D eigenvalue weighted by Crippen LogP contribution is -1.99. The molecule has 1 aromatic heterocycles. The maximum atomic E-state index is 9.65. The first-order chi connectivity index (χ1) is 5.75. The third-order valence-corrected chi connectivity index (χ3v) is 1.84. The average Bonchev–Trinajstić information content (AvgIpc) is 2.17. The zero-order valence-electron chi connectivity index (χ0n) is 7.20. The van der Waals surface area contributed by atoms with E-state index in [1.54, 1.807) is 12.4 Å². The second kappa shape index (κ2) is 4.02. The van der Waals surface area contributed by atoms with Crippen molar-refractivity contribution in [3.05, 3.63) is 42.2 Å². The molecule has 0 aliphatic rings. The molecule has 0 radical (unpaired) electrons. The van der Waals surface area contributed by atoms with Gasteiger partial charge in [-0.3, -0.25) is 4.98 Å². The van der Waals surface area contributed by atoms with Gasteiger partial charge in [-0.2, -0.15) is 0 Å². The van der Waals surface area contributed by atoms with E-state index < -0.39 is 6.10 Å². The first-order valence-corrected chi connectivity index (χ1v) is 4.01. The Morgan fingerprint density at radius 2 is 2.50 bits per heavy atom. The highest BCUT2D eigenvalue weighted by atomic mass is 16.3. The van der Waals surface area contributed by atoms with Crippen LogP contribution in [0.15, 0.2) is 36.7 Å². The van der Waals surface area contributed by atoms with Crippen LogP contribution in [0.5, 0.6) is 0 Å². The van der Waals surface area contributed by atoms with Gasteiger partial charge in [-0.05, 0) is 18.1 Å². The fraction of sp³-hybridized carbons (Fsp3) is 0.300. The van der Waals surface area contributed by atoms with Gasteiger partial charge in [-0.1, -0.05) is 19.6 Å². The van der Waals surface area contributed by atoms with Crippen molar-refractivity contribution < 1.29 is 5.11 Å². The Labute approximate surface area is 72.6 Å². The van der Waals surface area contributed by atoms with Gasteiger partial charge < -0.3 is 5.11 Å². The van der Waals surface area contributed by atoms with E-state index >= 15 is 0 Å². The molecule has 12 heavy (non-hydrogen) atoms. The van der Waals surface area contributed by atoms with Gasteiger partial charge in [-0.25, -0.2) is 0 Å². The molecule has 0 fully saturated rings. The van der Waals surface area contributed by atoms with E-state index in [4.69, 9.17) is 0 Å². The van der Waals surface area contributed by atoms with Gasteiger partial charge in [0.05, 0.1) is 0 Å². The molecule has 64 valence electrons. The molecule has 0 spiro atoms. The van der Waals surface area contributed by atoms with Crippen LogP contribution in [-0.2, 0) is 0 Å². The van der Waals surface area contributed by atoms with Gasteiger partial charge in [0.25, 0.3) is 0 Å². The molecule has 2 heteroatoms. The molecule has 1 N–H and O–H groups in total. The Morgan fingerprint density at radius 3 is 3.00 bits per heavy atom. The highest BCUT2D eigenvalue weighted by Crippen LogP contribution is 2.20. The molecule has 1 aromatic rings. The largest absolute Gasteiger partial charge is 0.384 e. The number of rotatable bonds is 3. The second-order valence-corrected chi connectivity index (χ2v) is 2.70. The highest BCUT2D eigenvalue weighted by Gasteiger charge is 2.08. The summed E-state index contributed by atoms with van der Waals surface area (Å²) in [7, 11) is 0. The van der Waals surface area contributed by atoms with Crippen molar-refractivity contribution in [3.8, 4) is 0 Å². The van der Waals surface area contributed by atoms with Gasteiger partial charge >= 0.3 is 0 Å². The van der Waals surface area contributed by atoms with Crippen molar-refractivity contribution in [1.82, 2.24) is 4.98 Å². The zero-order valence-corrected chi connectivity index (χ0v) is 7.20. The van der Waals surface area contributed by atoms with E-state index in [1.165, 1.54) is 0 Å². The Bertz CT molecular complexity index is 256. The van der Waals surface area contributed by atoms with Crippen LogP contribution >= 0.6 is 0 Å². The predicted octanol–water partition coefficient (Wildman–Crippen LogP) is 2.08. The molecule has 0 bridgehead atoms. The minimum absolute atomic E-state index is 0.566. The molecule has 2 nitrogen and oxygen atoms in total. The number of hydrogen-bond acceptors (Lipinski definition) is 2. The summed E-state index contributed by atoms with van der Waals surface area (Å²) < 4.78 is 0. The van der Waals surface area contributed by atoms with Crippen molar-refractivity contribution in [2.75, 3.05) is 0 Å². The SMILES string of the molecule is C=C(CC)C(O)c1cccnc1. The van der Waals surface area contributed by atoms with E-state index in [0.29, 0.717) is 0 Å². The van der Waals surface area contributed by atoms with Gasteiger partial charge in [-0.15, -0.1) is 0 Å². The lowest BCUT2D eigenvalue weighted by Gasteiger charge is -2.11. The van der Waals surface area contributed by atoms with Gasteiger partial charge in [0.15, 0.2) is 0 Å². The minimum Gasteiger partial charge on any atom is -0.384 e. The smallest absolute Gasteiger partial charge is 0.101 e. The first kappa shape index (κ1) is 8.94. The molecule has 1 atom stereocenters. The van der Waals surface area contributed by atoms with E-state index in [-0.39, 0.29) is 0 Å². The molecular formula is C10H13NO. The third-order valence-electron chi connectivity index (χ3n) is 1.84. The van der Waals surface area contributed by atoms with E-state index in [0.717, 1.165) is 17.6 Å². The van der Waals surface area contributed by atoms with Crippen LogP contribution in [0, 0.1) is 0 Å². The number of pyridine rings is 1. The Balaban J connectivity index is 2.78. The summed E-state index contributed by atoms with van der Waals surface area (Å²) in [6, 6.07) is 3.65. The lowest BCUT2D eigenvalue weighted by atomic mass is 10.0. The lowest BCUT2D eigenvalue weighted by molar-refractivity contribution is 0.212. The zero-order chi connectivity index (χ0) is 8.97. The Kier molecular flexibility index (Phi) is 3.00. The summed E-state index contributed by atoms with van der Waals surface area (Å²) in [6.07, 6.45) is 3.57. The number of aromatic nitrogens is 1. The van der Waals surface area contributed by atoms with Crippen LogP contribution in [0.3, 0.4) is 0 Å². The molecule has 0 aliphatic carbocycles.